The molecule has 0 aliphatic carbocycles. The van der Waals surface area contributed by atoms with Gasteiger partial charge in [-0.05, 0) is 25.7 Å². The molecule has 0 aromatic heterocycles. The molecule has 0 aromatic rings. The van der Waals surface area contributed by atoms with Crippen LogP contribution in [0.25, 0.3) is 0 Å². The Morgan fingerprint density at radius 3 is 1.43 bits per heavy atom. The first-order valence-corrected chi connectivity index (χ1v) is 15.4. The minimum atomic E-state index is -0.0147. The minimum absolute atomic E-state index is 0.00940. The van der Waals surface area contributed by atoms with Gasteiger partial charge in [-0.2, -0.15) is 0 Å². The van der Waals surface area contributed by atoms with Crippen molar-refractivity contribution in [2.45, 2.75) is 168 Å². The molecule has 0 saturated carbocycles. The van der Waals surface area contributed by atoms with Gasteiger partial charge in [0.1, 0.15) is 0 Å². The Morgan fingerprint density at radius 2 is 0.914 bits per heavy atom. The first-order valence-electron chi connectivity index (χ1n) is 15.4. The zero-order valence-corrected chi connectivity index (χ0v) is 23.9. The maximum Gasteiger partial charge on any atom is 0.308 e. The van der Waals surface area contributed by atoms with Gasteiger partial charge in [0.2, 0.25) is 0 Å². The highest BCUT2D eigenvalue weighted by Crippen LogP contribution is 2.15. The number of ether oxygens (including phenoxy) is 2. The SMILES string of the molecule is CCCCCCCCOC(=O)CCCCCCCCCCCC(C)C(=O)OCCCCCCCC. The summed E-state index contributed by atoms with van der Waals surface area (Å²) in [4.78, 5) is 23.8. The highest BCUT2D eigenvalue weighted by Gasteiger charge is 2.13. The molecule has 0 bridgehead atoms. The van der Waals surface area contributed by atoms with Crippen molar-refractivity contribution in [1.29, 1.82) is 0 Å². The van der Waals surface area contributed by atoms with Gasteiger partial charge in [0.05, 0.1) is 19.1 Å². The van der Waals surface area contributed by atoms with Crippen LogP contribution >= 0.6 is 0 Å². The van der Waals surface area contributed by atoms with Crippen LogP contribution in [0.5, 0.6) is 0 Å². The molecule has 0 aromatic carbocycles. The number of rotatable bonds is 27. The number of hydrogen-bond donors (Lipinski definition) is 0. The molecule has 0 saturated heterocycles. The summed E-state index contributed by atoms with van der Waals surface area (Å²) in [7, 11) is 0. The molecule has 0 N–H and O–H groups in total. The lowest BCUT2D eigenvalue weighted by molar-refractivity contribution is -0.148. The molecule has 0 heterocycles. The molecule has 0 rings (SSSR count). The normalized spacial score (nSPS) is 12.0. The predicted molar refractivity (Wildman–Crippen MR) is 149 cm³/mol. The molecule has 0 fully saturated rings. The summed E-state index contributed by atoms with van der Waals surface area (Å²) in [5.74, 6) is 0.0107. The van der Waals surface area contributed by atoms with Gasteiger partial charge in [-0.15, -0.1) is 0 Å². The van der Waals surface area contributed by atoms with E-state index in [2.05, 4.69) is 13.8 Å². The predicted octanol–water partition coefficient (Wildman–Crippen LogP) is 9.72. The Hall–Kier alpha value is -1.06. The molecule has 0 spiro atoms. The van der Waals surface area contributed by atoms with Gasteiger partial charge >= 0.3 is 11.9 Å². The summed E-state index contributed by atoms with van der Waals surface area (Å²) >= 11 is 0. The topological polar surface area (TPSA) is 52.6 Å². The number of hydrogen-bond acceptors (Lipinski definition) is 4. The Bertz CT molecular complexity index is 463. The van der Waals surface area contributed by atoms with Crippen LogP contribution in [0.4, 0.5) is 0 Å². The smallest absolute Gasteiger partial charge is 0.308 e. The van der Waals surface area contributed by atoms with Crippen LogP contribution in [-0.4, -0.2) is 25.2 Å². The second kappa shape index (κ2) is 27.5. The van der Waals surface area contributed by atoms with Gasteiger partial charge in [0.25, 0.3) is 0 Å². The van der Waals surface area contributed by atoms with Crippen LogP contribution in [0.2, 0.25) is 0 Å². The monoisotopic (exact) mass is 496 g/mol. The standard InChI is InChI=1S/C31H60O4/c1-4-6-8-10-19-23-27-34-30(32)26-22-18-16-14-12-13-15-17-21-25-29(3)31(33)35-28-24-20-11-9-7-5-2/h29H,4-28H2,1-3H3. The van der Waals surface area contributed by atoms with Crippen LogP contribution in [-0.2, 0) is 19.1 Å². The van der Waals surface area contributed by atoms with Gasteiger partial charge in [0, 0.05) is 6.42 Å². The van der Waals surface area contributed by atoms with E-state index in [4.69, 9.17) is 9.47 Å². The molecule has 0 aliphatic heterocycles. The zero-order valence-electron chi connectivity index (χ0n) is 23.9. The van der Waals surface area contributed by atoms with E-state index in [1.165, 1.54) is 103 Å². The Morgan fingerprint density at radius 1 is 0.514 bits per heavy atom. The van der Waals surface area contributed by atoms with E-state index in [1.807, 2.05) is 6.92 Å². The molecule has 0 aliphatic rings. The third-order valence-electron chi connectivity index (χ3n) is 6.92. The van der Waals surface area contributed by atoms with Crippen LogP contribution in [0.3, 0.4) is 0 Å². The summed E-state index contributed by atoms with van der Waals surface area (Å²) in [5, 5.41) is 0. The molecular weight excluding hydrogens is 436 g/mol. The largest absolute Gasteiger partial charge is 0.466 e. The molecular formula is C31H60O4. The minimum Gasteiger partial charge on any atom is -0.466 e. The van der Waals surface area contributed by atoms with Crippen LogP contribution in [0, 0.1) is 5.92 Å². The number of carbonyl (C=O) groups excluding carboxylic acids is 2. The van der Waals surface area contributed by atoms with E-state index in [0.717, 1.165) is 38.5 Å². The van der Waals surface area contributed by atoms with E-state index in [9.17, 15) is 9.59 Å². The van der Waals surface area contributed by atoms with E-state index in [1.54, 1.807) is 0 Å². The number of esters is 2. The Balaban J connectivity index is 3.34. The molecule has 35 heavy (non-hydrogen) atoms. The molecule has 1 atom stereocenters. The average molecular weight is 497 g/mol. The summed E-state index contributed by atoms with van der Waals surface area (Å²) in [6.45, 7) is 7.66. The summed E-state index contributed by atoms with van der Waals surface area (Å²) in [5.41, 5.74) is 0. The van der Waals surface area contributed by atoms with Crippen molar-refractivity contribution in [3.05, 3.63) is 0 Å². The third kappa shape index (κ3) is 25.8. The lowest BCUT2D eigenvalue weighted by Crippen LogP contribution is -2.15. The number of unbranched alkanes of at least 4 members (excludes halogenated alkanes) is 18. The van der Waals surface area contributed by atoms with E-state index < -0.39 is 0 Å². The second-order valence-electron chi connectivity index (χ2n) is 10.5. The third-order valence-corrected chi connectivity index (χ3v) is 6.92. The molecule has 0 radical (unpaired) electrons. The quantitative estimate of drug-likeness (QED) is 0.0838. The fourth-order valence-corrected chi connectivity index (χ4v) is 4.41. The summed E-state index contributed by atoms with van der Waals surface area (Å²) < 4.78 is 10.8. The molecule has 4 heteroatoms. The van der Waals surface area contributed by atoms with Gasteiger partial charge < -0.3 is 9.47 Å². The van der Waals surface area contributed by atoms with Crippen molar-refractivity contribution in [2.75, 3.05) is 13.2 Å². The molecule has 1 unspecified atom stereocenters. The summed E-state index contributed by atoms with van der Waals surface area (Å²) in [6, 6.07) is 0. The molecule has 208 valence electrons. The zero-order chi connectivity index (χ0) is 25.8. The van der Waals surface area contributed by atoms with Gasteiger partial charge in [0.15, 0.2) is 0 Å². The lowest BCUT2D eigenvalue weighted by atomic mass is 10.0. The van der Waals surface area contributed by atoms with E-state index >= 15 is 0 Å². The number of carbonyl (C=O) groups is 2. The van der Waals surface area contributed by atoms with Crippen molar-refractivity contribution < 1.29 is 19.1 Å². The highest BCUT2D eigenvalue weighted by atomic mass is 16.5. The Kier molecular flexibility index (Phi) is 26.7. The first-order chi connectivity index (χ1) is 17.1. The van der Waals surface area contributed by atoms with Crippen LogP contribution in [0.1, 0.15) is 168 Å². The lowest BCUT2D eigenvalue weighted by Gasteiger charge is -2.11. The van der Waals surface area contributed by atoms with Crippen LogP contribution in [0.15, 0.2) is 0 Å². The van der Waals surface area contributed by atoms with Crippen molar-refractivity contribution in [1.82, 2.24) is 0 Å². The van der Waals surface area contributed by atoms with Crippen molar-refractivity contribution >= 4 is 11.9 Å². The van der Waals surface area contributed by atoms with E-state index in [0.29, 0.717) is 19.6 Å². The van der Waals surface area contributed by atoms with Gasteiger partial charge in [-0.3, -0.25) is 9.59 Å². The van der Waals surface area contributed by atoms with Crippen molar-refractivity contribution in [3.63, 3.8) is 0 Å². The van der Waals surface area contributed by atoms with Gasteiger partial charge in [-0.25, -0.2) is 0 Å². The van der Waals surface area contributed by atoms with Crippen molar-refractivity contribution in [2.24, 2.45) is 5.92 Å². The van der Waals surface area contributed by atoms with E-state index in [-0.39, 0.29) is 17.9 Å². The van der Waals surface area contributed by atoms with Crippen molar-refractivity contribution in [3.8, 4) is 0 Å². The maximum absolute atomic E-state index is 12.1. The van der Waals surface area contributed by atoms with Crippen LogP contribution < -0.4 is 0 Å². The van der Waals surface area contributed by atoms with Gasteiger partial charge in [-0.1, -0.05) is 136 Å². The average Bonchev–Trinajstić information content (AvgIpc) is 2.85. The highest BCUT2D eigenvalue weighted by molar-refractivity contribution is 5.71. The fourth-order valence-electron chi connectivity index (χ4n) is 4.41. The fraction of sp³-hybridized carbons (Fsp3) is 0.935. The maximum atomic E-state index is 12.1. The molecule has 0 amide bonds. The Labute approximate surface area is 218 Å². The molecule has 4 nitrogen and oxygen atoms in total. The first kappa shape index (κ1) is 33.9. The second-order valence-corrected chi connectivity index (χ2v) is 10.5. The summed E-state index contributed by atoms with van der Waals surface area (Å²) in [6.07, 6.45) is 26.9.